The molecule has 0 N–H and O–H groups in total. The second kappa shape index (κ2) is 13.3. The molecule has 1 atom stereocenters. The van der Waals surface area contributed by atoms with Gasteiger partial charge in [-0.05, 0) is 12.8 Å². The second-order valence-corrected chi connectivity index (χ2v) is 8.02. The highest BCUT2D eigenvalue weighted by molar-refractivity contribution is 7.54. The molecule has 0 aromatic rings. The first-order valence-electron chi connectivity index (χ1n) is 8.36. The van der Waals surface area contributed by atoms with Crippen LogP contribution in [-0.2, 0) is 13.6 Å². The summed E-state index contributed by atoms with van der Waals surface area (Å²) in [6.45, 7) is 7.01. The maximum absolute atomic E-state index is 12.8. The minimum atomic E-state index is -3.15. The molecule has 0 spiro atoms. The summed E-state index contributed by atoms with van der Waals surface area (Å²) in [5.74, 6) is 0. The van der Waals surface area contributed by atoms with Gasteiger partial charge in [0.25, 0.3) is 0 Å². The van der Waals surface area contributed by atoms with Gasteiger partial charge in [-0.25, -0.2) is 0 Å². The second-order valence-electron chi connectivity index (χ2n) is 5.54. The summed E-state index contributed by atoms with van der Waals surface area (Å²) in [5.41, 5.74) is -0.347. The van der Waals surface area contributed by atoms with Crippen LogP contribution in [0.2, 0.25) is 0 Å². The van der Waals surface area contributed by atoms with Crippen LogP contribution in [-0.4, -0.2) is 18.9 Å². The third kappa shape index (κ3) is 10.1. The molecular formula is C16H32NO3P. The molecule has 21 heavy (non-hydrogen) atoms. The quantitative estimate of drug-likeness (QED) is 0.306. The van der Waals surface area contributed by atoms with Crippen LogP contribution in [0.15, 0.2) is 0 Å². The third-order valence-electron chi connectivity index (χ3n) is 3.46. The van der Waals surface area contributed by atoms with Crippen LogP contribution in [0.3, 0.4) is 0 Å². The van der Waals surface area contributed by atoms with Gasteiger partial charge in [0, 0.05) is 6.42 Å². The molecule has 0 aliphatic carbocycles. The van der Waals surface area contributed by atoms with Gasteiger partial charge < -0.3 is 9.05 Å². The van der Waals surface area contributed by atoms with Crippen molar-refractivity contribution in [2.45, 2.75) is 84.2 Å². The number of rotatable bonds is 14. The van der Waals surface area contributed by atoms with Gasteiger partial charge in [-0.3, -0.25) is 4.57 Å². The fraction of sp³-hybridized carbons (Fsp3) is 0.938. The van der Waals surface area contributed by atoms with Crippen LogP contribution >= 0.6 is 7.60 Å². The zero-order valence-corrected chi connectivity index (χ0v) is 14.9. The molecule has 0 amide bonds. The molecule has 0 aliphatic heterocycles. The average molecular weight is 317 g/mol. The molecule has 124 valence electrons. The van der Waals surface area contributed by atoms with Gasteiger partial charge in [-0.15, -0.1) is 0 Å². The van der Waals surface area contributed by atoms with Crippen molar-refractivity contribution in [3.05, 3.63) is 0 Å². The highest BCUT2D eigenvalue weighted by Crippen LogP contribution is 2.54. The monoisotopic (exact) mass is 317 g/mol. The van der Waals surface area contributed by atoms with E-state index < -0.39 is 7.60 Å². The summed E-state index contributed by atoms with van der Waals surface area (Å²) in [4.78, 5) is 0. The molecule has 0 bridgehead atoms. The lowest BCUT2D eigenvalue weighted by molar-refractivity contribution is 0.192. The van der Waals surface area contributed by atoms with Crippen molar-refractivity contribution in [1.82, 2.24) is 0 Å². The van der Waals surface area contributed by atoms with E-state index in [0.29, 0.717) is 13.2 Å². The Morgan fingerprint density at radius 2 is 1.43 bits per heavy atom. The van der Waals surface area contributed by atoms with Crippen molar-refractivity contribution < 1.29 is 13.6 Å². The Balaban J connectivity index is 4.21. The van der Waals surface area contributed by atoms with Crippen molar-refractivity contribution in [2.24, 2.45) is 0 Å². The number of nitrogens with zero attached hydrogens (tertiary/aromatic N) is 1. The van der Waals surface area contributed by atoms with Crippen LogP contribution < -0.4 is 0 Å². The molecule has 0 heterocycles. The van der Waals surface area contributed by atoms with Gasteiger partial charge >= 0.3 is 7.60 Å². The van der Waals surface area contributed by atoms with Crippen LogP contribution in [0.25, 0.3) is 0 Å². The van der Waals surface area contributed by atoms with Crippen molar-refractivity contribution >= 4 is 7.60 Å². The van der Waals surface area contributed by atoms with Crippen molar-refractivity contribution in [3.63, 3.8) is 0 Å². The van der Waals surface area contributed by atoms with E-state index in [1.165, 1.54) is 12.8 Å². The summed E-state index contributed by atoms with van der Waals surface area (Å²) in [6, 6.07) is 2.06. The summed E-state index contributed by atoms with van der Waals surface area (Å²) >= 11 is 0. The zero-order valence-electron chi connectivity index (χ0n) is 14.0. The minimum Gasteiger partial charge on any atom is -0.308 e. The molecular weight excluding hydrogens is 285 g/mol. The smallest absolute Gasteiger partial charge is 0.308 e. The fourth-order valence-electron chi connectivity index (χ4n) is 1.98. The van der Waals surface area contributed by atoms with E-state index in [4.69, 9.17) is 14.3 Å². The first-order valence-corrected chi connectivity index (χ1v) is 9.97. The molecule has 1 unspecified atom stereocenters. The van der Waals surface area contributed by atoms with Crippen molar-refractivity contribution in [3.8, 4) is 6.07 Å². The molecule has 0 aliphatic rings. The summed E-state index contributed by atoms with van der Waals surface area (Å²) in [5, 5.41) is 8.80. The summed E-state index contributed by atoms with van der Waals surface area (Å²) in [7, 11) is -3.15. The summed E-state index contributed by atoms with van der Waals surface area (Å²) in [6.07, 6.45) is 8.83. The fourth-order valence-corrected chi connectivity index (χ4v) is 3.63. The number of hydrogen-bond acceptors (Lipinski definition) is 4. The molecule has 0 rings (SSSR count). The molecule has 0 fully saturated rings. The predicted molar refractivity (Wildman–Crippen MR) is 87.5 cm³/mol. The predicted octanol–water partition coefficient (Wildman–Crippen LogP) is 5.68. The van der Waals surface area contributed by atoms with Gasteiger partial charge in [0.2, 0.25) is 0 Å². The number of nitriles is 1. The Bertz CT molecular complexity index is 310. The van der Waals surface area contributed by atoms with Crippen LogP contribution in [0, 0.1) is 11.3 Å². The van der Waals surface area contributed by atoms with E-state index in [1.807, 2.05) is 0 Å². The lowest BCUT2D eigenvalue weighted by atomic mass is 10.2. The Hall–Kier alpha value is -0.360. The highest BCUT2D eigenvalue weighted by atomic mass is 31.2. The largest absolute Gasteiger partial charge is 0.334 e. The van der Waals surface area contributed by atoms with E-state index in [0.717, 1.165) is 38.5 Å². The normalized spacial score (nSPS) is 13.0. The lowest BCUT2D eigenvalue weighted by Gasteiger charge is -2.23. The Labute approximate surface area is 130 Å². The maximum Gasteiger partial charge on any atom is 0.334 e. The Morgan fingerprint density at radius 3 is 1.81 bits per heavy atom. The Morgan fingerprint density at radius 1 is 0.952 bits per heavy atom. The first-order chi connectivity index (χ1) is 10.1. The van der Waals surface area contributed by atoms with Gasteiger partial charge in [0.1, 0.15) is 0 Å². The molecule has 0 aromatic heterocycles. The SMILES string of the molecule is CCCCCCOP(=O)(OCCCCCC)C(C)CC#N. The topological polar surface area (TPSA) is 59.3 Å². The van der Waals surface area contributed by atoms with Crippen molar-refractivity contribution in [1.29, 1.82) is 5.26 Å². The van der Waals surface area contributed by atoms with Gasteiger partial charge in [0.05, 0.1) is 24.9 Å². The molecule has 5 heteroatoms. The average Bonchev–Trinajstić information content (AvgIpc) is 2.47. The van der Waals surface area contributed by atoms with E-state index in [2.05, 4.69) is 19.9 Å². The Kier molecular flexibility index (Phi) is 13.1. The van der Waals surface area contributed by atoms with Gasteiger partial charge in [-0.2, -0.15) is 5.26 Å². The van der Waals surface area contributed by atoms with Crippen molar-refractivity contribution in [2.75, 3.05) is 13.2 Å². The van der Waals surface area contributed by atoms with E-state index in [9.17, 15) is 4.57 Å². The third-order valence-corrected chi connectivity index (χ3v) is 5.81. The van der Waals surface area contributed by atoms with E-state index in [1.54, 1.807) is 6.92 Å². The standard InChI is InChI=1S/C16H32NO3P/c1-4-6-8-10-14-19-21(18,16(3)12-13-17)20-15-11-9-7-5-2/h16H,4-12,14-15H2,1-3H3. The van der Waals surface area contributed by atoms with Crippen LogP contribution in [0.5, 0.6) is 0 Å². The summed E-state index contributed by atoms with van der Waals surface area (Å²) < 4.78 is 23.9. The molecule has 0 saturated heterocycles. The van der Waals surface area contributed by atoms with Gasteiger partial charge in [-0.1, -0.05) is 59.3 Å². The highest BCUT2D eigenvalue weighted by Gasteiger charge is 2.32. The molecule has 0 saturated carbocycles. The van der Waals surface area contributed by atoms with Crippen LogP contribution in [0.1, 0.15) is 78.6 Å². The number of hydrogen-bond donors (Lipinski definition) is 0. The minimum absolute atomic E-state index is 0.210. The molecule has 0 radical (unpaired) electrons. The number of unbranched alkanes of at least 4 members (excludes halogenated alkanes) is 6. The maximum atomic E-state index is 12.8. The first kappa shape index (κ1) is 20.6. The lowest BCUT2D eigenvalue weighted by Crippen LogP contribution is -2.10. The zero-order chi connectivity index (χ0) is 16.0. The van der Waals surface area contributed by atoms with E-state index in [-0.39, 0.29) is 12.1 Å². The van der Waals surface area contributed by atoms with Gasteiger partial charge in [0.15, 0.2) is 0 Å². The molecule has 0 aromatic carbocycles. The molecule has 4 nitrogen and oxygen atoms in total. The van der Waals surface area contributed by atoms with E-state index >= 15 is 0 Å². The van der Waals surface area contributed by atoms with Crippen LogP contribution in [0.4, 0.5) is 0 Å².